The van der Waals surface area contributed by atoms with Gasteiger partial charge in [-0.25, -0.2) is 9.02 Å². The van der Waals surface area contributed by atoms with Gasteiger partial charge in [-0.2, -0.15) is 5.26 Å². The van der Waals surface area contributed by atoms with Crippen molar-refractivity contribution >= 4 is 17.3 Å². The van der Waals surface area contributed by atoms with E-state index in [1.54, 1.807) is 25.5 Å². The van der Waals surface area contributed by atoms with Crippen molar-refractivity contribution in [1.82, 2.24) is 15.3 Å². The molecule has 0 unspecified atom stereocenters. The fraction of sp³-hybridized carbons (Fsp3) is 0.118. The number of nitrogens with zero attached hydrogens (tertiary/aromatic N) is 5. The molecule has 0 aliphatic rings. The largest absolute Gasteiger partial charge is 0.361 e. The number of aromatic nitrogens is 3. The van der Waals surface area contributed by atoms with Gasteiger partial charge in [-0.15, -0.1) is 0 Å². The fourth-order valence-corrected chi connectivity index (χ4v) is 2.19. The lowest BCUT2D eigenvalue weighted by Crippen LogP contribution is -2.16. The topological polar surface area (TPSA) is 112 Å². The SMILES string of the molecule is CN=C(Nc1ccc(F)c(C#N)c1)c1nonc1NCc1ccncc1. The van der Waals surface area contributed by atoms with E-state index >= 15 is 0 Å². The van der Waals surface area contributed by atoms with Crippen LogP contribution in [0.15, 0.2) is 52.3 Å². The standard InChI is InChI=1S/C17H14FN7O/c1-20-16(23-13-2-3-14(18)12(8-13)9-19)15-17(25-26-24-15)22-10-11-4-6-21-7-5-11/h2-8H,10H2,1H3,(H,20,23)(H,22,25). The van der Waals surface area contributed by atoms with Gasteiger partial charge in [-0.05, 0) is 46.2 Å². The molecule has 3 aromatic rings. The van der Waals surface area contributed by atoms with Crippen LogP contribution in [0, 0.1) is 17.1 Å². The summed E-state index contributed by atoms with van der Waals surface area (Å²) in [4.78, 5) is 8.10. The van der Waals surface area contributed by atoms with Crippen LogP contribution in [0.2, 0.25) is 0 Å². The predicted molar refractivity (Wildman–Crippen MR) is 93.1 cm³/mol. The van der Waals surface area contributed by atoms with E-state index in [-0.39, 0.29) is 5.56 Å². The van der Waals surface area contributed by atoms with Gasteiger partial charge in [0.05, 0.1) is 5.56 Å². The highest BCUT2D eigenvalue weighted by molar-refractivity contribution is 6.09. The van der Waals surface area contributed by atoms with E-state index in [2.05, 4.69) is 30.9 Å². The molecule has 2 aromatic heterocycles. The Morgan fingerprint density at radius 3 is 2.81 bits per heavy atom. The van der Waals surface area contributed by atoms with Gasteiger partial charge < -0.3 is 10.6 Å². The number of hydrogen-bond donors (Lipinski definition) is 2. The molecule has 130 valence electrons. The molecule has 0 fully saturated rings. The summed E-state index contributed by atoms with van der Waals surface area (Å²) in [5, 5.41) is 22.8. The second kappa shape index (κ2) is 7.85. The van der Waals surface area contributed by atoms with Gasteiger partial charge in [0.15, 0.2) is 11.5 Å². The summed E-state index contributed by atoms with van der Waals surface area (Å²) in [5.41, 5.74) is 1.80. The molecular formula is C17H14FN7O. The van der Waals surface area contributed by atoms with Crippen LogP contribution in [0.25, 0.3) is 0 Å². The zero-order chi connectivity index (χ0) is 18.4. The van der Waals surface area contributed by atoms with Crippen molar-refractivity contribution in [2.75, 3.05) is 17.7 Å². The zero-order valence-corrected chi connectivity index (χ0v) is 13.8. The average molecular weight is 351 g/mol. The zero-order valence-electron chi connectivity index (χ0n) is 13.8. The van der Waals surface area contributed by atoms with Gasteiger partial charge in [0.1, 0.15) is 11.9 Å². The Kier molecular flexibility index (Phi) is 5.14. The Morgan fingerprint density at radius 2 is 2.08 bits per heavy atom. The third-order valence-electron chi connectivity index (χ3n) is 3.50. The molecule has 26 heavy (non-hydrogen) atoms. The second-order valence-electron chi connectivity index (χ2n) is 5.17. The van der Waals surface area contributed by atoms with Crippen molar-refractivity contribution in [2.24, 2.45) is 4.99 Å². The van der Waals surface area contributed by atoms with Crippen molar-refractivity contribution < 1.29 is 9.02 Å². The molecule has 8 nitrogen and oxygen atoms in total. The summed E-state index contributed by atoms with van der Waals surface area (Å²) in [6, 6.07) is 9.63. The van der Waals surface area contributed by atoms with Crippen molar-refractivity contribution in [3.63, 3.8) is 0 Å². The van der Waals surface area contributed by atoms with E-state index in [1.807, 2.05) is 12.1 Å². The summed E-state index contributed by atoms with van der Waals surface area (Å²) in [7, 11) is 1.57. The highest BCUT2D eigenvalue weighted by atomic mass is 19.1. The summed E-state index contributed by atoms with van der Waals surface area (Å²) >= 11 is 0. The lowest BCUT2D eigenvalue weighted by atomic mass is 10.2. The Morgan fingerprint density at radius 1 is 1.27 bits per heavy atom. The summed E-state index contributed by atoms with van der Waals surface area (Å²) in [6.45, 7) is 0.496. The van der Waals surface area contributed by atoms with Crippen LogP contribution in [0.1, 0.15) is 16.8 Å². The first-order chi connectivity index (χ1) is 12.7. The van der Waals surface area contributed by atoms with Gasteiger partial charge in [0, 0.05) is 31.7 Å². The smallest absolute Gasteiger partial charge is 0.202 e. The lowest BCUT2D eigenvalue weighted by molar-refractivity contribution is 0.308. The highest BCUT2D eigenvalue weighted by Crippen LogP contribution is 2.18. The Balaban J connectivity index is 1.77. The molecule has 3 rings (SSSR count). The van der Waals surface area contributed by atoms with E-state index < -0.39 is 5.82 Å². The number of halogens is 1. The first-order valence-corrected chi connectivity index (χ1v) is 7.60. The molecule has 0 atom stereocenters. The van der Waals surface area contributed by atoms with Crippen LogP contribution in [-0.4, -0.2) is 28.2 Å². The summed E-state index contributed by atoms with van der Waals surface area (Å²) < 4.78 is 18.3. The van der Waals surface area contributed by atoms with Crippen molar-refractivity contribution in [3.8, 4) is 6.07 Å². The molecular weight excluding hydrogens is 337 g/mol. The third-order valence-corrected chi connectivity index (χ3v) is 3.50. The molecule has 0 amide bonds. The van der Waals surface area contributed by atoms with E-state index in [0.29, 0.717) is 29.6 Å². The molecule has 9 heteroatoms. The summed E-state index contributed by atoms with van der Waals surface area (Å²) in [5.74, 6) is 0.173. The van der Waals surface area contributed by atoms with E-state index in [4.69, 9.17) is 9.89 Å². The normalized spacial score (nSPS) is 11.0. The van der Waals surface area contributed by atoms with E-state index in [0.717, 1.165) is 5.56 Å². The maximum atomic E-state index is 13.5. The van der Waals surface area contributed by atoms with E-state index in [1.165, 1.54) is 18.2 Å². The quantitative estimate of drug-likeness (QED) is 0.536. The molecule has 0 aliphatic heterocycles. The van der Waals surface area contributed by atoms with Crippen LogP contribution in [0.4, 0.5) is 15.9 Å². The molecule has 0 bridgehead atoms. The molecule has 0 radical (unpaired) electrons. The highest BCUT2D eigenvalue weighted by Gasteiger charge is 2.17. The number of benzene rings is 1. The first-order valence-electron chi connectivity index (χ1n) is 7.60. The number of rotatable bonds is 5. The van der Waals surface area contributed by atoms with Crippen molar-refractivity contribution in [3.05, 3.63) is 65.4 Å². The number of nitriles is 1. The van der Waals surface area contributed by atoms with Crippen LogP contribution in [-0.2, 0) is 6.54 Å². The molecule has 0 aliphatic carbocycles. The summed E-state index contributed by atoms with van der Waals surface area (Å²) in [6.07, 6.45) is 3.39. The number of aliphatic imine (C=N–C) groups is 1. The maximum Gasteiger partial charge on any atom is 0.202 e. The number of nitrogens with one attached hydrogen (secondary N) is 2. The molecule has 2 N–H and O–H groups in total. The van der Waals surface area contributed by atoms with Gasteiger partial charge in [-0.1, -0.05) is 0 Å². The molecule has 0 spiro atoms. The molecule has 1 aromatic carbocycles. The van der Waals surface area contributed by atoms with Crippen LogP contribution >= 0.6 is 0 Å². The fourth-order valence-electron chi connectivity index (χ4n) is 2.19. The monoisotopic (exact) mass is 351 g/mol. The van der Waals surface area contributed by atoms with Crippen LogP contribution < -0.4 is 10.6 Å². The van der Waals surface area contributed by atoms with Gasteiger partial charge >= 0.3 is 0 Å². The molecule has 0 saturated heterocycles. The first kappa shape index (κ1) is 17.0. The molecule has 0 saturated carbocycles. The third kappa shape index (κ3) is 3.81. The van der Waals surface area contributed by atoms with E-state index in [9.17, 15) is 4.39 Å². The van der Waals surface area contributed by atoms with Crippen LogP contribution in [0.5, 0.6) is 0 Å². The predicted octanol–water partition coefficient (Wildman–Crippen LogP) is 2.58. The minimum Gasteiger partial charge on any atom is -0.361 e. The van der Waals surface area contributed by atoms with Crippen molar-refractivity contribution in [2.45, 2.75) is 6.54 Å². The minimum absolute atomic E-state index is 0.0697. The number of anilines is 2. The van der Waals surface area contributed by atoms with Gasteiger partial charge in [-0.3, -0.25) is 9.98 Å². The Bertz CT molecular complexity index is 963. The minimum atomic E-state index is -0.587. The van der Waals surface area contributed by atoms with Gasteiger partial charge in [0.25, 0.3) is 0 Å². The number of hydrogen-bond acceptors (Lipinski definition) is 7. The Hall–Kier alpha value is -3.80. The second-order valence-corrected chi connectivity index (χ2v) is 5.17. The van der Waals surface area contributed by atoms with Gasteiger partial charge in [0.2, 0.25) is 5.82 Å². The number of pyridine rings is 1. The van der Waals surface area contributed by atoms with Crippen LogP contribution in [0.3, 0.4) is 0 Å². The van der Waals surface area contributed by atoms with Crippen molar-refractivity contribution in [1.29, 1.82) is 5.26 Å². The average Bonchev–Trinajstić information content (AvgIpc) is 3.15. The Labute approximate surface area is 148 Å². The lowest BCUT2D eigenvalue weighted by Gasteiger charge is -2.09. The maximum absolute atomic E-state index is 13.5. The number of amidine groups is 1. The molecule has 2 heterocycles.